The lowest BCUT2D eigenvalue weighted by molar-refractivity contribution is -0.0436. The van der Waals surface area contributed by atoms with Crippen molar-refractivity contribution in [3.8, 4) is 5.75 Å². The summed E-state index contributed by atoms with van der Waals surface area (Å²) in [6.45, 7) is 0. The van der Waals surface area contributed by atoms with Gasteiger partial charge in [-0.2, -0.15) is 22.0 Å². The highest BCUT2D eigenvalue weighted by Crippen LogP contribution is 2.58. The number of alkyl halides is 3. The maximum Gasteiger partial charge on any atom is 0.501 e. The van der Waals surface area contributed by atoms with Crippen molar-refractivity contribution in [1.29, 1.82) is 0 Å². The lowest BCUT2D eigenvalue weighted by Gasteiger charge is -2.15. The second-order valence-corrected chi connectivity index (χ2v) is 9.43. The van der Waals surface area contributed by atoms with Crippen LogP contribution in [0.15, 0.2) is 41.3 Å². The second-order valence-electron chi connectivity index (χ2n) is 7.49. The summed E-state index contributed by atoms with van der Waals surface area (Å²) < 4.78 is 124. The Bertz CT molecular complexity index is 1260. The van der Waals surface area contributed by atoms with E-state index in [4.69, 9.17) is 0 Å². The van der Waals surface area contributed by atoms with Gasteiger partial charge in [-0.05, 0) is 41.7 Å². The maximum atomic E-state index is 14.7. The minimum absolute atomic E-state index is 0.111. The van der Waals surface area contributed by atoms with Gasteiger partial charge in [-0.15, -0.1) is 0 Å². The van der Waals surface area contributed by atoms with E-state index in [1.165, 1.54) is 6.08 Å². The van der Waals surface area contributed by atoms with Gasteiger partial charge >= 0.3 is 5.51 Å². The first-order chi connectivity index (χ1) is 14.8. The van der Waals surface area contributed by atoms with Crippen LogP contribution in [0.1, 0.15) is 24.0 Å². The molecule has 32 heavy (non-hydrogen) atoms. The Morgan fingerprint density at radius 2 is 1.34 bits per heavy atom. The second kappa shape index (κ2) is 7.09. The zero-order chi connectivity index (χ0) is 23.6. The van der Waals surface area contributed by atoms with Gasteiger partial charge in [0.25, 0.3) is 9.84 Å². The van der Waals surface area contributed by atoms with Crippen LogP contribution in [0.5, 0.6) is 5.75 Å². The Labute approximate surface area is 177 Å². The van der Waals surface area contributed by atoms with E-state index in [0.29, 0.717) is 25.0 Å². The van der Waals surface area contributed by atoms with Crippen molar-refractivity contribution in [1.82, 2.24) is 0 Å². The molecule has 3 nitrogen and oxygen atoms in total. The van der Waals surface area contributed by atoms with Crippen molar-refractivity contribution in [2.45, 2.75) is 23.2 Å². The maximum absolute atomic E-state index is 14.7. The predicted octanol–water partition coefficient (Wildman–Crippen LogP) is 5.81. The minimum atomic E-state index is -5.59. The smallest absolute Gasteiger partial charge is 0.491 e. The topological polar surface area (TPSA) is 43.4 Å². The lowest BCUT2D eigenvalue weighted by Crippen LogP contribution is -2.23. The molecule has 2 aliphatic carbocycles. The summed E-state index contributed by atoms with van der Waals surface area (Å²) in [5, 5.41) is 0. The molecule has 1 spiro atoms. The Morgan fingerprint density at radius 1 is 0.844 bits per heavy atom. The molecule has 0 amide bonds. The fraction of sp³-hybridized carbons (Fsp3) is 0.238. The van der Waals surface area contributed by atoms with Gasteiger partial charge in [0.05, 0.1) is 17.6 Å². The van der Waals surface area contributed by atoms with Crippen LogP contribution in [0.25, 0.3) is 11.1 Å². The molecule has 1 saturated carbocycles. The Morgan fingerprint density at radius 3 is 1.78 bits per heavy atom. The summed E-state index contributed by atoms with van der Waals surface area (Å²) in [7, 11) is -4.75. The number of rotatable bonds is 4. The van der Waals surface area contributed by atoms with Crippen LogP contribution in [0.3, 0.4) is 0 Å². The van der Waals surface area contributed by atoms with Crippen LogP contribution in [0, 0.1) is 28.7 Å². The molecule has 0 heterocycles. The molecule has 11 heteroatoms. The molecule has 0 aromatic heterocycles. The Hall–Kier alpha value is -2.82. The first-order valence-electron chi connectivity index (χ1n) is 9.11. The highest BCUT2D eigenvalue weighted by Gasteiger charge is 2.47. The van der Waals surface area contributed by atoms with E-state index in [0.717, 1.165) is 19.2 Å². The number of benzene rings is 2. The average Bonchev–Trinajstić information content (AvgIpc) is 3.38. The molecule has 0 N–H and O–H groups in total. The zero-order valence-electron chi connectivity index (χ0n) is 16.2. The molecule has 0 unspecified atom stereocenters. The van der Waals surface area contributed by atoms with E-state index in [1.54, 1.807) is 6.08 Å². The number of methoxy groups -OCH3 is 1. The highest BCUT2D eigenvalue weighted by atomic mass is 32.2. The molecule has 4 rings (SSSR count). The van der Waals surface area contributed by atoms with Crippen molar-refractivity contribution >= 4 is 21.0 Å². The number of hydrogen-bond donors (Lipinski definition) is 0. The molecule has 0 saturated heterocycles. The van der Waals surface area contributed by atoms with Crippen LogP contribution < -0.4 is 4.74 Å². The number of ether oxygens (including phenoxy) is 1. The van der Waals surface area contributed by atoms with Crippen LogP contribution in [0.2, 0.25) is 0 Å². The number of hydrogen-bond acceptors (Lipinski definition) is 3. The van der Waals surface area contributed by atoms with E-state index in [2.05, 4.69) is 4.74 Å². The molecule has 0 bridgehead atoms. The summed E-state index contributed by atoms with van der Waals surface area (Å²) in [5.74, 6) is -8.07. The van der Waals surface area contributed by atoms with E-state index in [1.807, 2.05) is 0 Å². The first-order valence-corrected chi connectivity index (χ1v) is 10.6. The summed E-state index contributed by atoms with van der Waals surface area (Å²) in [6, 6.07) is 3.48. The molecule has 2 aliphatic rings. The van der Waals surface area contributed by atoms with Crippen LogP contribution in [-0.4, -0.2) is 21.0 Å². The molecular formula is C21H13F7O3S. The van der Waals surface area contributed by atoms with Gasteiger partial charge in [-0.25, -0.2) is 17.2 Å². The van der Waals surface area contributed by atoms with E-state index in [9.17, 15) is 39.2 Å². The van der Waals surface area contributed by atoms with Crippen LogP contribution in [-0.2, 0) is 9.84 Å². The summed E-state index contributed by atoms with van der Waals surface area (Å²) in [6.07, 6.45) is 4.21. The van der Waals surface area contributed by atoms with Gasteiger partial charge in [-0.3, -0.25) is 0 Å². The quantitative estimate of drug-likeness (QED) is 0.412. The van der Waals surface area contributed by atoms with Gasteiger partial charge in [0, 0.05) is 5.41 Å². The number of halogens is 7. The first kappa shape index (κ1) is 22.4. The molecule has 2 aromatic carbocycles. The Balaban J connectivity index is 1.84. The third-order valence-electron chi connectivity index (χ3n) is 5.46. The fourth-order valence-electron chi connectivity index (χ4n) is 3.63. The third-order valence-corrected chi connectivity index (χ3v) is 6.96. The molecule has 0 aliphatic heterocycles. The minimum Gasteiger partial charge on any atom is -0.491 e. The van der Waals surface area contributed by atoms with Gasteiger partial charge in [0.15, 0.2) is 17.4 Å². The van der Waals surface area contributed by atoms with Crippen molar-refractivity contribution in [2.75, 3.05) is 7.11 Å². The highest BCUT2D eigenvalue weighted by molar-refractivity contribution is 7.92. The molecule has 2 aromatic rings. The van der Waals surface area contributed by atoms with Gasteiger partial charge < -0.3 is 4.74 Å². The summed E-state index contributed by atoms with van der Waals surface area (Å²) in [4.78, 5) is -1.02. The Kier molecular flexibility index (Phi) is 4.96. The van der Waals surface area contributed by atoms with E-state index >= 15 is 0 Å². The van der Waals surface area contributed by atoms with E-state index in [-0.39, 0.29) is 16.7 Å². The standard InChI is InChI=1S/C21H13F7O3S/c1-31-19-17(24)15(22)14(16(23)18(19)25)13-9-20(6-7-20)8-12(13)10-2-4-11(5-3-10)32(29,30)21(26,27)28/h2-5,8-9H,6-7H2,1H3. The molecule has 1 fully saturated rings. The van der Waals surface area contributed by atoms with Crippen molar-refractivity contribution in [3.63, 3.8) is 0 Å². The lowest BCUT2D eigenvalue weighted by atomic mass is 9.94. The monoisotopic (exact) mass is 478 g/mol. The number of allylic oxidation sites excluding steroid dienone is 4. The van der Waals surface area contributed by atoms with E-state index < -0.39 is 60.2 Å². The average molecular weight is 478 g/mol. The zero-order valence-corrected chi connectivity index (χ0v) is 17.0. The fourth-order valence-corrected chi connectivity index (χ4v) is 4.39. The van der Waals surface area contributed by atoms with Crippen LogP contribution >= 0.6 is 0 Å². The third kappa shape index (κ3) is 3.30. The summed E-state index contributed by atoms with van der Waals surface area (Å²) in [5.41, 5.74) is -7.05. The molecule has 170 valence electrons. The molecule has 0 atom stereocenters. The van der Waals surface area contributed by atoms with Crippen LogP contribution in [0.4, 0.5) is 30.7 Å². The van der Waals surface area contributed by atoms with Gasteiger partial charge in [0.2, 0.25) is 11.6 Å². The molecule has 0 radical (unpaired) electrons. The normalized spacial score (nSPS) is 17.4. The largest absolute Gasteiger partial charge is 0.501 e. The SMILES string of the molecule is COc1c(F)c(F)c(C2=CC3(C=C2c2ccc(S(=O)(=O)C(F)(F)F)cc2)CC3)c(F)c1F. The van der Waals surface area contributed by atoms with Crippen molar-refractivity contribution in [2.24, 2.45) is 5.41 Å². The van der Waals surface area contributed by atoms with Crippen molar-refractivity contribution < 1.29 is 43.9 Å². The molecular weight excluding hydrogens is 465 g/mol. The predicted molar refractivity (Wildman–Crippen MR) is 100 cm³/mol. The van der Waals surface area contributed by atoms with Gasteiger partial charge in [-0.1, -0.05) is 24.3 Å². The summed E-state index contributed by atoms with van der Waals surface area (Å²) >= 11 is 0. The number of sulfone groups is 1. The van der Waals surface area contributed by atoms with Gasteiger partial charge in [0.1, 0.15) is 0 Å². The van der Waals surface area contributed by atoms with Crippen molar-refractivity contribution in [3.05, 3.63) is 70.8 Å².